The van der Waals surface area contributed by atoms with Crippen LogP contribution in [0.3, 0.4) is 0 Å². The van der Waals surface area contributed by atoms with E-state index in [4.69, 9.17) is 21.4 Å². The van der Waals surface area contributed by atoms with Crippen LogP contribution in [0.15, 0.2) is 36.4 Å². The number of carbonyl (C=O) groups is 1. The zero-order valence-corrected chi connectivity index (χ0v) is 11.5. The van der Waals surface area contributed by atoms with E-state index in [0.717, 1.165) is 11.1 Å². The molecule has 2 aromatic rings. The van der Waals surface area contributed by atoms with Crippen LogP contribution in [0.4, 0.5) is 0 Å². The summed E-state index contributed by atoms with van der Waals surface area (Å²) >= 11 is 5.94. The lowest BCUT2D eigenvalue weighted by Gasteiger charge is -2.10. The Morgan fingerprint density at radius 3 is 2.50 bits per heavy atom. The van der Waals surface area contributed by atoms with Crippen LogP contribution in [0, 0.1) is 6.92 Å². The van der Waals surface area contributed by atoms with Crippen LogP contribution in [0.5, 0.6) is 11.5 Å². The number of aryl methyl sites for hydroxylation is 1. The molecule has 4 nitrogen and oxygen atoms in total. The van der Waals surface area contributed by atoms with E-state index in [-0.39, 0.29) is 28.7 Å². The van der Waals surface area contributed by atoms with Crippen LogP contribution in [0.25, 0.3) is 0 Å². The molecule has 0 spiro atoms. The van der Waals surface area contributed by atoms with Crippen LogP contribution in [-0.2, 0) is 6.61 Å². The quantitative estimate of drug-likeness (QED) is 0.903. The molecule has 0 fully saturated rings. The number of benzene rings is 2. The van der Waals surface area contributed by atoms with E-state index >= 15 is 0 Å². The Hall–Kier alpha value is -2.20. The number of hydrogen-bond donors (Lipinski definition) is 2. The topological polar surface area (TPSA) is 66.8 Å². The van der Waals surface area contributed by atoms with Crippen LogP contribution in [0.2, 0.25) is 5.02 Å². The third kappa shape index (κ3) is 3.22. The van der Waals surface area contributed by atoms with E-state index in [1.807, 2.05) is 31.2 Å². The standard InChI is InChI=1S/C15H13ClO4/c1-9-2-4-10(5-3-9)8-20-14-7-13(17)11(15(18)19)6-12(14)16/h2-7,17H,8H2,1H3,(H,18,19). The van der Waals surface area contributed by atoms with E-state index in [1.54, 1.807) is 0 Å². The van der Waals surface area contributed by atoms with Gasteiger partial charge in [0.15, 0.2) is 0 Å². The zero-order chi connectivity index (χ0) is 14.7. The summed E-state index contributed by atoms with van der Waals surface area (Å²) in [6, 6.07) is 10.2. The van der Waals surface area contributed by atoms with Gasteiger partial charge < -0.3 is 14.9 Å². The molecule has 0 unspecified atom stereocenters. The van der Waals surface area contributed by atoms with Crippen molar-refractivity contribution >= 4 is 17.6 Å². The van der Waals surface area contributed by atoms with E-state index in [2.05, 4.69) is 0 Å². The van der Waals surface area contributed by atoms with Gasteiger partial charge in [-0.15, -0.1) is 0 Å². The molecule has 5 heteroatoms. The van der Waals surface area contributed by atoms with Crippen LogP contribution >= 0.6 is 11.6 Å². The summed E-state index contributed by atoms with van der Waals surface area (Å²) in [5, 5.41) is 18.6. The zero-order valence-electron chi connectivity index (χ0n) is 10.8. The predicted molar refractivity (Wildman–Crippen MR) is 75.6 cm³/mol. The van der Waals surface area contributed by atoms with E-state index in [1.165, 1.54) is 12.1 Å². The molecule has 0 amide bonds. The van der Waals surface area contributed by atoms with Crippen molar-refractivity contribution in [2.75, 3.05) is 0 Å². The molecule has 2 aromatic carbocycles. The predicted octanol–water partition coefficient (Wildman–Crippen LogP) is 3.63. The first-order valence-corrected chi connectivity index (χ1v) is 6.29. The maximum Gasteiger partial charge on any atom is 0.339 e. The molecule has 0 aliphatic rings. The third-order valence-corrected chi connectivity index (χ3v) is 3.09. The van der Waals surface area contributed by atoms with Crippen molar-refractivity contribution in [2.45, 2.75) is 13.5 Å². The number of phenols is 1. The van der Waals surface area contributed by atoms with Gasteiger partial charge in [0.1, 0.15) is 23.7 Å². The van der Waals surface area contributed by atoms with Crippen molar-refractivity contribution in [3.63, 3.8) is 0 Å². The second kappa shape index (κ2) is 5.84. The molecule has 0 saturated carbocycles. The van der Waals surface area contributed by atoms with Crippen molar-refractivity contribution in [1.29, 1.82) is 0 Å². The maximum absolute atomic E-state index is 10.8. The number of aromatic hydroxyl groups is 1. The van der Waals surface area contributed by atoms with E-state index < -0.39 is 5.97 Å². The summed E-state index contributed by atoms with van der Waals surface area (Å²) in [7, 11) is 0. The van der Waals surface area contributed by atoms with Gasteiger partial charge in [0.25, 0.3) is 0 Å². The number of ether oxygens (including phenoxy) is 1. The highest BCUT2D eigenvalue weighted by atomic mass is 35.5. The average Bonchev–Trinajstić information content (AvgIpc) is 2.41. The first-order valence-electron chi connectivity index (χ1n) is 5.91. The largest absolute Gasteiger partial charge is 0.507 e. The Labute approximate surface area is 121 Å². The molecular weight excluding hydrogens is 280 g/mol. The van der Waals surface area contributed by atoms with Gasteiger partial charge in [-0.05, 0) is 18.6 Å². The Morgan fingerprint density at radius 2 is 1.90 bits per heavy atom. The van der Waals surface area contributed by atoms with Gasteiger partial charge in [-0.2, -0.15) is 0 Å². The summed E-state index contributed by atoms with van der Waals surface area (Å²) in [6.45, 7) is 2.27. The van der Waals surface area contributed by atoms with Gasteiger partial charge >= 0.3 is 5.97 Å². The van der Waals surface area contributed by atoms with Crippen molar-refractivity contribution in [2.24, 2.45) is 0 Å². The van der Waals surface area contributed by atoms with Crippen molar-refractivity contribution in [3.05, 3.63) is 58.1 Å². The van der Waals surface area contributed by atoms with Gasteiger partial charge in [-0.25, -0.2) is 4.79 Å². The molecule has 0 heterocycles. The number of rotatable bonds is 4. The maximum atomic E-state index is 10.8. The van der Waals surface area contributed by atoms with Crippen molar-refractivity contribution in [1.82, 2.24) is 0 Å². The highest BCUT2D eigenvalue weighted by Crippen LogP contribution is 2.32. The third-order valence-electron chi connectivity index (χ3n) is 2.80. The van der Waals surface area contributed by atoms with Crippen molar-refractivity contribution < 1.29 is 19.7 Å². The van der Waals surface area contributed by atoms with Gasteiger partial charge in [-0.3, -0.25) is 0 Å². The summed E-state index contributed by atoms with van der Waals surface area (Å²) in [4.78, 5) is 10.8. The van der Waals surface area contributed by atoms with Gasteiger partial charge in [-0.1, -0.05) is 41.4 Å². The van der Waals surface area contributed by atoms with E-state index in [9.17, 15) is 9.90 Å². The first-order chi connectivity index (χ1) is 9.47. The van der Waals surface area contributed by atoms with E-state index in [0.29, 0.717) is 0 Å². The lowest BCUT2D eigenvalue weighted by molar-refractivity contribution is 0.0693. The smallest absolute Gasteiger partial charge is 0.339 e. The van der Waals surface area contributed by atoms with Crippen LogP contribution in [0.1, 0.15) is 21.5 Å². The van der Waals surface area contributed by atoms with Gasteiger partial charge in [0.2, 0.25) is 0 Å². The molecule has 20 heavy (non-hydrogen) atoms. The molecule has 2 N–H and O–H groups in total. The SMILES string of the molecule is Cc1ccc(COc2cc(O)c(C(=O)O)cc2Cl)cc1. The minimum absolute atomic E-state index is 0.146. The molecule has 0 aliphatic heterocycles. The molecule has 0 aliphatic carbocycles. The summed E-state index contributed by atoms with van der Waals surface area (Å²) in [5.74, 6) is -1.37. The Balaban J connectivity index is 2.16. The number of carboxylic acids is 1. The molecular formula is C15H13ClO4. The highest BCUT2D eigenvalue weighted by molar-refractivity contribution is 6.32. The van der Waals surface area contributed by atoms with Crippen LogP contribution < -0.4 is 4.74 Å². The van der Waals surface area contributed by atoms with Crippen LogP contribution in [-0.4, -0.2) is 16.2 Å². The lowest BCUT2D eigenvalue weighted by Crippen LogP contribution is -2.00. The van der Waals surface area contributed by atoms with Gasteiger partial charge in [0, 0.05) is 6.07 Å². The number of aromatic carboxylic acids is 1. The fourth-order valence-electron chi connectivity index (χ4n) is 1.67. The fourth-order valence-corrected chi connectivity index (χ4v) is 1.89. The lowest BCUT2D eigenvalue weighted by atomic mass is 10.1. The molecule has 104 valence electrons. The molecule has 0 bridgehead atoms. The van der Waals surface area contributed by atoms with Gasteiger partial charge in [0.05, 0.1) is 5.02 Å². The fraction of sp³-hybridized carbons (Fsp3) is 0.133. The highest BCUT2D eigenvalue weighted by Gasteiger charge is 2.14. The average molecular weight is 293 g/mol. The second-order valence-electron chi connectivity index (χ2n) is 4.38. The molecule has 0 radical (unpaired) electrons. The number of hydrogen-bond acceptors (Lipinski definition) is 3. The molecule has 0 aromatic heterocycles. The number of carboxylic acid groups (broad SMARTS) is 1. The first kappa shape index (κ1) is 14.2. The molecule has 0 atom stereocenters. The summed E-state index contributed by atoms with van der Waals surface area (Å²) < 4.78 is 5.49. The second-order valence-corrected chi connectivity index (χ2v) is 4.79. The normalized spacial score (nSPS) is 10.3. The Bertz CT molecular complexity index is 635. The number of halogens is 1. The Kier molecular flexibility index (Phi) is 4.15. The molecule has 0 saturated heterocycles. The summed E-state index contributed by atoms with van der Waals surface area (Å²) in [5.41, 5.74) is 1.85. The minimum atomic E-state index is -1.24. The monoisotopic (exact) mass is 292 g/mol. The minimum Gasteiger partial charge on any atom is -0.507 e. The van der Waals surface area contributed by atoms with Crippen molar-refractivity contribution in [3.8, 4) is 11.5 Å². The Morgan fingerprint density at radius 1 is 1.25 bits per heavy atom. The molecule has 2 rings (SSSR count). The summed E-state index contributed by atoms with van der Waals surface area (Å²) in [6.07, 6.45) is 0.